The van der Waals surface area contributed by atoms with Crippen molar-refractivity contribution in [1.82, 2.24) is 0 Å². The molecule has 1 fully saturated rings. The summed E-state index contributed by atoms with van der Waals surface area (Å²) in [6.45, 7) is 0. The fourth-order valence-corrected chi connectivity index (χ4v) is 7.97. The molecule has 144 valence electrons. The highest BCUT2D eigenvalue weighted by molar-refractivity contribution is 7.97. The zero-order valence-corrected chi connectivity index (χ0v) is 17.5. The van der Waals surface area contributed by atoms with Crippen molar-refractivity contribution in [2.24, 2.45) is 0 Å². The van der Waals surface area contributed by atoms with Crippen LogP contribution in [0, 0.1) is 0 Å². The molecule has 28 heavy (non-hydrogen) atoms. The van der Waals surface area contributed by atoms with Crippen molar-refractivity contribution in [3.8, 4) is 0 Å². The minimum Gasteiger partial charge on any atom is -0.223 e. The lowest BCUT2D eigenvalue weighted by Crippen LogP contribution is -2.24. The highest BCUT2D eigenvalue weighted by Gasteiger charge is 2.33. The number of benzene rings is 3. The molecule has 2 nitrogen and oxygen atoms in total. The molecule has 0 radical (unpaired) electrons. The lowest BCUT2D eigenvalue weighted by atomic mass is 10.0. The first kappa shape index (κ1) is 19.3. The first-order valence-electron chi connectivity index (χ1n) is 9.84. The van der Waals surface area contributed by atoms with Crippen molar-refractivity contribution < 1.29 is 8.42 Å². The van der Waals surface area contributed by atoms with E-state index in [1.165, 1.54) is 9.79 Å². The second-order valence-corrected chi connectivity index (χ2v) is 11.5. The quantitative estimate of drug-likeness (QED) is 0.493. The normalized spacial score (nSPS) is 15.6. The topological polar surface area (TPSA) is 34.1 Å². The van der Waals surface area contributed by atoms with E-state index in [-0.39, 0.29) is 16.1 Å². The monoisotopic (exact) mass is 409 g/mol. The van der Waals surface area contributed by atoms with Crippen LogP contribution in [0.25, 0.3) is 0 Å². The average molecular weight is 410 g/mol. The molecular formula is C24H25O2S2+. The van der Waals surface area contributed by atoms with E-state index in [2.05, 4.69) is 30.3 Å². The van der Waals surface area contributed by atoms with E-state index >= 15 is 0 Å². The molecule has 3 aromatic carbocycles. The molecule has 1 saturated carbocycles. The summed E-state index contributed by atoms with van der Waals surface area (Å²) < 4.78 is 26.5. The molecule has 3 aromatic rings. The molecule has 4 heteroatoms. The van der Waals surface area contributed by atoms with Crippen LogP contribution in [0.4, 0.5) is 0 Å². The van der Waals surface area contributed by atoms with E-state index in [1.807, 2.05) is 48.5 Å². The Balaban J connectivity index is 1.77. The second-order valence-electron chi connectivity index (χ2n) is 7.21. The second kappa shape index (κ2) is 8.54. The molecular weight excluding hydrogens is 384 g/mol. The zero-order chi connectivity index (χ0) is 19.4. The fraction of sp³-hybridized carbons (Fsp3) is 0.250. The lowest BCUT2D eigenvalue weighted by molar-refractivity contribution is 0.483. The van der Waals surface area contributed by atoms with Gasteiger partial charge < -0.3 is 0 Å². The molecule has 0 heterocycles. The van der Waals surface area contributed by atoms with Crippen LogP contribution in [0.15, 0.2) is 105 Å². The molecule has 4 rings (SSSR count). The summed E-state index contributed by atoms with van der Waals surface area (Å²) in [6.07, 6.45) is 4.76. The van der Waals surface area contributed by atoms with Gasteiger partial charge in [0.05, 0.1) is 21.0 Å². The van der Waals surface area contributed by atoms with Crippen molar-refractivity contribution in [2.75, 3.05) is 0 Å². The van der Waals surface area contributed by atoms with E-state index < -0.39 is 9.84 Å². The maximum absolute atomic E-state index is 13.2. The molecule has 0 amide bonds. The van der Waals surface area contributed by atoms with Crippen LogP contribution in [0.5, 0.6) is 0 Å². The summed E-state index contributed by atoms with van der Waals surface area (Å²) in [6, 6.07) is 28.3. The largest absolute Gasteiger partial charge is 0.223 e. The zero-order valence-electron chi connectivity index (χ0n) is 15.8. The Bertz CT molecular complexity index is 969. The van der Waals surface area contributed by atoms with Crippen LogP contribution < -0.4 is 0 Å². The molecule has 0 unspecified atom stereocenters. The maximum Gasteiger partial charge on any atom is 0.181 e. The smallest absolute Gasteiger partial charge is 0.181 e. The van der Waals surface area contributed by atoms with E-state index in [1.54, 1.807) is 6.07 Å². The van der Waals surface area contributed by atoms with Crippen LogP contribution in [-0.2, 0) is 20.7 Å². The molecule has 1 aliphatic rings. The third-order valence-electron chi connectivity index (χ3n) is 5.32. The third-order valence-corrected chi connectivity index (χ3v) is 9.79. The summed E-state index contributed by atoms with van der Waals surface area (Å²) >= 11 is 0. The summed E-state index contributed by atoms with van der Waals surface area (Å²) in [5.74, 6) is 0. The van der Waals surface area contributed by atoms with Crippen molar-refractivity contribution in [1.29, 1.82) is 0 Å². The minimum absolute atomic E-state index is 0.230. The van der Waals surface area contributed by atoms with Gasteiger partial charge in [0.25, 0.3) is 0 Å². The molecule has 0 spiro atoms. The van der Waals surface area contributed by atoms with Crippen LogP contribution in [0.1, 0.15) is 32.1 Å². The Hall–Kier alpha value is -2.04. The highest BCUT2D eigenvalue weighted by Crippen LogP contribution is 2.34. The van der Waals surface area contributed by atoms with Gasteiger partial charge in [-0.15, -0.1) is 0 Å². The Morgan fingerprint density at radius 3 is 1.75 bits per heavy atom. The third kappa shape index (κ3) is 4.03. The molecule has 0 atom stereocenters. The Labute approximate surface area is 170 Å². The van der Waals surface area contributed by atoms with Crippen molar-refractivity contribution >= 4 is 20.7 Å². The molecule has 0 bridgehead atoms. The standard InChI is InChI=1S/C24H25O2S2/c25-28(26,23-16-8-3-9-17-23)24-18-10-15-22(19-24)27(20-11-4-1-5-12-20)21-13-6-2-7-14-21/h1-2,4-7,10-15,18-19,23H,3,8-9,16-17H2/q+1. The van der Waals surface area contributed by atoms with Gasteiger partial charge in [0.15, 0.2) is 24.5 Å². The van der Waals surface area contributed by atoms with Gasteiger partial charge in [-0.3, -0.25) is 0 Å². The summed E-state index contributed by atoms with van der Waals surface area (Å²) in [5.41, 5.74) is 0. The lowest BCUT2D eigenvalue weighted by Gasteiger charge is -2.21. The molecule has 1 aliphatic carbocycles. The summed E-state index contributed by atoms with van der Waals surface area (Å²) in [5, 5.41) is -0.230. The average Bonchev–Trinajstić information content (AvgIpc) is 2.76. The molecule has 0 aromatic heterocycles. The fourth-order valence-electron chi connectivity index (χ4n) is 3.87. The van der Waals surface area contributed by atoms with E-state index in [0.29, 0.717) is 4.90 Å². The molecule has 0 saturated heterocycles. The van der Waals surface area contributed by atoms with Crippen molar-refractivity contribution in [3.05, 3.63) is 84.9 Å². The number of hydrogen-bond donors (Lipinski definition) is 0. The van der Waals surface area contributed by atoms with E-state index in [4.69, 9.17) is 0 Å². The minimum atomic E-state index is -3.28. The SMILES string of the molecule is O=S(=O)(c1cccc([S+](c2ccccc2)c2ccccc2)c1)C1CCCCC1. The van der Waals surface area contributed by atoms with Crippen molar-refractivity contribution in [2.45, 2.75) is 56.9 Å². The Morgan fingerprint density at radius 1 is 0.643 bits per heavy atom. The van der Waals surface area contributed by atoms with Gasteiger partial charge in [0.2, 0.25) is 0 Å². The van der Waals surface area contributed by atoms with Gasteiger partial charge in [-0.2, -0.15) is 0 Å². The Morgan fingerprint density at radius 2 is 1.18 bits per heavy atom. The summed E-state index contributed by atoms with van der Waals surface area (Å²) in [7, 11) is -3.61. The van der Waals surface area contributed by atoms with Crippen LogP contribution in [0.2, 0.25) is 0 Å². The van der Waals surface area contributed by atoms with Gasteiger partial charge in [-0.1, -0.05) is 61.7 Å². The predicted octanol–water partition coefficient (Wildman–Crippen LogP) is 5.89. The van der Waals surface area contributed by atoms with Gasteiger partial charge >= 0.3 is 0 Å². The molecule has 0 aliphatic heterocycles. The van der Waals surface area contributed by atoms with Crippen LogP contribution in [0.3, 0.4) is 0 Å². The maximum atomic E-state index is 13.2. The first-order chi connectivity index (χ1) is 13.7. The van der Waals surface area contributed by atoms with Crippen LogP contribution in [-0.4, -0.2) is 13.7 Å². The van der Waals surface area contributed by atoms with Gasteiger partial charge in [0, 0.05) is 6.07 Å². The first-order valence-corrected chi connectivity index (χ1v) is 12.6. The number of sulfone groups is 1. The highest BCUT2D eigenvalue weighted by atomic mass is 32.2. The van der Waals surface area contributed by atoms with E-state index in [9.17, 15) is 8.42 Å². The molecule has 0 N–H and O–H groups in total. The Kier molecular flexibility index (Phi) is 5.88. The van der Waals surface area contributed by atoms with E-state index in [0.717, 1.165) is 37.0 Å². The van der Waals surface area contributed by atoms with Gasteiger partial charge in [-0.05, 0) is 49.2 Å². The van der Waals surface area contributed by atoms with Crippen LogP contribution >= 0.6 is 0 Å². The predicted molar refractivity (Wildman–Crippen MR) is 116 cm³/mol. The van der Waals surface area contributed by atoms with Gasteiger partial charge in [-0.25, -0.2) is 8.42 Å². The summed E-state index contributed by atoms with van der Waals surface area (Å²) in [4.78, 5) is 3.91. The number of hydrogen-bond acceptors (Lipinski definition) is 2. The van der Waals surface area contributed by atoms with Gasteiger partial charge in [0.1, 0.15) is 0 Å². The number of rotatable bonds is 5. The van der Waals surface area contributed by atoms with Crippen molar-refractivity contribution in [3.63, 3.8) is 0 Å².